The normalized spacial score (nSPS) is 15.7. The number of hydrogen-bond acceptors (Lipinski definition) is 5. The lowest BCUT2D eigenvalue weighted by atomic mass is 10.1. The van der Waals surface area contributed by atoms with Gasteiger partial charge >= 0.3 is 12.2 Å². The van der Waals surface area contributed by atoms with E-state index >= 15 is 0 Å². The first-order chi connectivity index (χ1) is 15.5. The summed E-state index contributed by atoms with van der Waals surface area (Å²) in [4.78, 5) is 38.2. The van der Waals surface area contributed by atoms with Gasteiger partial charge in [0.2, 0.25) is 0 Å². The second-order valence-corrected chi connectivity index (χ2v) is 7.84. The van der Waals surface area contributed by atoms with Gasteiger partial charge in [0.15, 0.2) is 11.5 Å². The van der Waals surface area contributed by atoms with E-state index < -0.39 is 40.8 Å². The number of rotatable bonds is 5. The molecule has 1 aliphatic heterocycles. The van der Waals surface area contributed by atoms with E-state index in [9.17, 15) is 27.6 Å². The summed E-state index contributed by atoms with van der Waals surface area (Å²) in [5, 5.41) is 1.65. The van der Waals surface area contributed by atoms with Gasteiger partial charge in [-0.2, -0.15) is 13.2 Å². The number of carbonyl (C=O) groups is 3. The smallest absolute Gasteiger partial charge is 0.416 e. The summed E-state index contributed by atoms with van der Waals surface area (Å²) in [6.07, 6.45) is -3.58. The molecule has 1 fully saturated rings. The molecule has 0 spiro atoms. The van der Waals surface area contributed by atoms with Crippen molar-refractivity contribution in [3.63, 3.8) is 0 Å². The van der Waals surface area contributed by atoms with E-state index in [2.05, 4.69) is 15.9 Å². The standard InChI is InChI=1S/C21H15BrClF3N2O5/c1-3-33-17-9-13(22)10(7-16(17)32-2)6-12-18(29)27-20(31)28(19(12)30)15-8-11(21(24,25)26)4-5-14(15)23/h4-9H,3H2,1-2H3,(H,27,29,31)/b12-6+. The molecule has 0 atom stereocenters. The maximum atomic E-state index is 13.2. The zero-order valence-electron chi connectivity index (χ0n) is 17.0. The van der Waals surface area contributed by atoms with E-state index in [-0.39, 0.29) is 5.02 Å². The van der Waals surface area contributed by atoms with Crippen LogP contribution in [0.2, 0.25) is 5.02 Å². The number of urea groups is 1. The molecule has 33 heavy (non-hydrogen) atoms. The lowest BCUT2D eigenvalue weighted by Crippen LogP contribution is -2.54. The summed E-state index contributed by atoms with van der Waals surface area (Å²) >= 11 is 9.30. The molecule has 0 saturated carbocycles. The number of hydrogen-bond donors (Lipinski definition) is 1. The highest BCUT2D eigenvalue weighted by molar-refractivity contribution is 9.10. The van der Waals surface area contributed by atoms with Crippen LogP contribution in [-0.2, 0) is 15.8 Å². The van der Waals surface area contributed by atoms with Crippen molar-refractivity contribution in [2.75, 3.05) is 18.6 Å². The van der Waals surface area contributed by atoms with Crippen molar-refractivity contribution in [2.24, 2.45) is 0 Å². The molecule has 2 aromatic rings. The Morgan fingerprint density at radius 2 is 1.85 bits per heavy atom. The number of nitrogens with zero attached hydrogens (tertiary/aromatic N) is 1. The minimum absolute atomic E-state index is 0.288. The van der Waals surface area contributed by atoms with Crippen LogP contribution in [0.4, 0.5) is 23.7 Å². The Morgan fingerprint density at radius 1 is 1.15 bits per heavy atom. The summed E-state index contributed by atoms with van der Waals surface area (Å²) in [7, 11) is 1.40. The van der Waals surface area contributed by atoms with Gasteiger partial charge in [0, 0.05) is 4.47 Å². The number of imide groups is 2. The minimum Gasteiger partial charge on any atom is -0.493 e. The first-order valence-corrected chi connectivity index (χ1v) is 10.4. The number of alkyl halides is 3. The van der Waals surface area contributed by atoms with E-state index in [0.717, 1.165) is 6.07 Å². The molecule has 0 bridgehead atoms. The summed E-state index contributed by atoms with van der Waals surface area (Å²) in [5.74, 6) is -1.46. The van der Waals surface area contributed by atoms with Crippen molar-refractivity contribution < 1.29 is 37.0 Å². The van der Waals surface area contributed by atoms with Crippen LogP contribution >= 0.6 is 27.5 Å². The Bertz CT molecular complexity index is 1180. The quantitative estimate of drug-likeness (QED) is 0.411. The maximum Gasteiger partial charge on any atom is 0.416 e. The molecule has 0 aliphatic carbocycles. The van der Waals surface area contributed by atoms with Crippen molar-refractivity contribution in [1.29, 1.82) is 0 Å². The molecule has 1 heterocycles. The number of methoxy groups -OCH3 is 1. The summed E-state index contributed by atoms with van der Waals surface area (Å²) in [5.41, 5.74) is -1.83. The van der Waals surface area contributed by atoms with Gasteiger partial charge in [-0.1, -0.05) is 27.5 Å². The first kappa shape index (κ1) is 24.6. The lowest BCUT2D eigenvalue weighted by molar-refractivity contribution is -0.137. The molecule has 1 saturated heterocycles. The van der Waals surface area contributed by atoms with E-state index in [1.54, 1.807) is 13.0 Å². The third-order valence-electron chi connectivity index (χ3n) is 4.50. The third kappa shape index (κ3) is 4.98. The summed E-state index contributed by atoms with van der Waals surface area (Å²) in [6.45, 7) is 2.14. The second-order valence-electron chi connectivity index (χ2n) is 6.58. The highest BCUT2D eigenvalue weighted by atomic mass is 79.9. The highest BCUT2D eigenvalue weighted by Crippen LogP contribution is 2.38. The molecule has 2 aromatic carbocycles. The van der Waals surface area contributed by atoms with Crippen LogP contribution in [0.25, 0.3) is 6.08 Å². The molecule has 3 rings (SSSR count). The molecule has 0 unspecified atom stereocenters. The minimum atomic E-state index is -4.74. The Morgan fingerprint density at radius 3 is 2.45 bits per heavy atom. The predicted molar refractivity (Wildman–Crippen MR) is 117 cm³/mol. The maximum absolute atomic E-state index is 13.2. The van der Waals surface area contributed by atoms with Crippen LogP contribution in [0.15, 0.2) is 40.4 Å². The third-order valence-corrected chi connectivity index (χ3v) is 5.51. The Hall–Kier alpha value is -3.05. The van der Waals surface area contributed by atoms with Gasteiger partial charge in [-0.3, -0.25) is 14.9 Å². The van der Waals surface area contributed by atoms with E-state index in [0.29, 0.717) is 45.2 Å². The Balaban J connectivity index is 2.10. The van der Waals surface area contributed by atoms with E-state index in [4.69, 9.17) is 21.1 Å². The number of benzene rings is 2. The second kappa shape index (κ2) is 9.44. The van der Waals surface area contributed by atoms with Gasteiger partial charge in [0.05, 0.1) is 30.0 Å². The molecule has 12 heteroatoms. The molecule has 0 aromatic heterocycles. The Labute approximate surface area is 199 Å². The molecule has 0 radical (unpaired) electrons. The van der Waals surface area contributed by atoms with Crippen molar-refractivity contribution in [3.8, 4) is 11.5 Å². The topological polar surface area (TPSA) is 84.9 Å². The SMILES string of the molecule is CCOc1cc(Br)c(/C=C2\C(=O)NC(=O)N(c3cc(C(F)(F)F)ccc3Cl)C2=O)cc1OC. The number of carbonyl (C=O) groups excluding carboxylic acids is 3. The molecule has 1 N–H and O–H groups in total. The van der Waals surface area contributed by atoms with E-state index in [1.165, 1.54) is 19.3 Å². The largest absolute Gasteiger partial charge is 0.493 e. The van der Waals surface area contributed by atoms with Crippen LogP contribution < -0.4 is 19.7 Å². The first-order valence-electron chi connectivity index (χ1n) is 9.26. The zero-order chi connectivity index (χ0) is 24.5. The summed E-state index contributed by atoms with van der Waals surface area (Å²) < 4.78 is 50.6. The lowest BCUT2D eigenvalue weighted by Gasteiger charge is -2.27. The van der Waals surface area contributed by atoms with Crippen molar-refractivity contribution in [3.05, 3.63) is 56.5 Å². The molecule has 174 valence electrons. The fraction of sp³-hybridized carbons (Fsp3) is 0.190. The average molecular weight is 548 g/mol. The van der Waals surface area contributed by atoms with Crippen LogP contribution in [0.1, 0.15) is 18.1 Å². The van der Waals surface area contributed by atoms with Crippen molar-refractivity contribution >= 4 is 57.1 Å². The van der Waals surface area contributed by atoms with Gasteiger partial charge in [0.1, 0.15) is 5.57 Å². The van der Waals surface area contributed by atoms with Crippen LogP contribution in [0.5, 0.6) is 11.5 Å². The van der Waals surface area contributed by atoms with Gasteiger partial charge < -0.3 is 9.47 Å². The Kier molecular flexibility index (Phi) is 7.03. The molecule has 7 nitrogen and oxygen atoms in total. The van der Waals surface area contributed by atoms with Crippen LogP contribution in [-0.4, -0.2) is 31.6 Å². The number of amides is 4. The number of anilines is 1. The van der Waals surface area contributed by atoms with Crippen molar-refractivity contribution in [2.45, 2.75) is 13.1 Å². The number of nitrogens with one attached hydrogen (secondary N) is 1. The molecular formula is C21H15BrClF3N2O5. The zero-order valence-corrected chi connectivity index (χ0v) is 19.4. The van der Waals surface area contributed by atoms with Gasteiger partial charge in [-0.25, -0.2) is 9.69 Å². The van der Waals surface area contributed by atoms with Gasteiger partial charge in [0.25, 0.3) is 11.8 Å². The number of ether oxygens (including phenoxy) is 2. The molecular weight excluding hydrogens is 533 g/mol. The van der Waals surface area contributed by atoms with E-state index in [1.807, 2.05) is 5.32 Å². The fourth-order valence-corrected chi connectivity index (χ4v) is 3.62. The molecule has 4 amide bonds. The van der Waals surface area contributed by atoms with Crippen molar-refractivity contribution in [1.82, 2.24) is 5.32 Å². The van der Waals surface area contributed by atoms with Gasteiger partial charge in [-0.15, -0.1) is 0 Å². The van der Waals surface area contributed by atoms with Crippen LogP contribution in [0.3, 0.4) is 0 Å². The van der Waals surface area contributed by atoms with Gasteiger partial charge in [-0.05, 0) is 48.9 Å². The summed E-state index contributed by atoms with van der Waals surface area (Å²) in [6, 6.07) is 4.00. The fourth-order valence-electron chi connectivity index (χ4n) is 2.98. The predicted octanol–water partition coefficient (Wildman–Crippen LogP) is 5.20. The monoisotopic (exact) mass is 546 g/mol. The number of halogens is 5. The average Bonchev–Trinajstić information content (AvgIpc) is 2.73. The molecule has 1 aliphatic rings. The number of barbiturate groups is 1. The highest BCUT2D eigenvalue weighted by Gasteiger charge is 2.39. The van der Waals surface area contributed by atoms with Crippen LogP contribution in [0, 0.1) is 0 Å².